The summed E-state index contributed by atoms with van der Waals surface area (Å²) in [5.74, 6) is 0.938. The molecule has 1 aromatic carbocycles. The van der Waals surface area contributed by atoms with Crippen molar-refractivity contribution in [1.82, 2.24) is 0 Å². The lowest BCUT2D eigenvalue weighted by Gasteiger charge is -2.10. The van der Waals surface area contributed by atoms with Crippen molar-refractivity contribution in [3.63, 3.8) is 0 Å². The molecule has 0 amide bonds. The van der Waals surface area contributed by atoms with Gasteiger partial charge in [0.1, 0.15) is 5.75 Å². The van der Waals surface area contributed by atoms with Crippen molar-refractivity contribution >= 4 is 0 Å². The highest BCUT2D eigenvalue weighted by atomic mass is 16.5. The lowest BCUT2D eigenvalue weighted by Crippen LogP contribution is -2.21. The number of nitrogens with two attached hydrogens (primary N) is 1. The second-order valence-corrected chi connectivity index (χ2v) is 3.62. The van der Waals surface area contributed by atoms with E-state index in [1.807, 2.05) is 18.2 Å². The van der Waals surface area contributed by atoms with Crippen LogP contribution in [-0.2, 0) is 0 Å². The van der Waals surface area contributed by atoms with Gasteiger partial charge in [-0.3, -0.25) is 0 Å². The highest BCUT2D eigenvalue weighted by molar-refractivity contribution is 5.27. The molecule has 0 aliphatic carbocycles. The molecule has 1 aromatic rings. The van der Waals surface area contributed by atoms with E-state index >= 15 is 0 Å². The molecule has 0 heterocycles. The summed E-state index contributed by atoms with van der Waals surface area (Å²) in [6.45, 7) is 4.86. The maximum atomic E-state index is 5.79. The summed E-state index contributed by atoms with van der Waals surface area (Å²) in [6.07, 6.45) is 1.93. The summed E-state index contributed by atoms with van der Waals surface area (Å²) < 4.78 is 5.58. The van der Waals surface area contributed by atoms with E-state index in [0.29, 0.717) is 6.61 Å². The van der Waals surface area contributed by atoms with Crippen LogP contribution in [0.25, 0.3) is 0 Å². The minimum Gasteiger partial charge on any atom is -0.494 e. The first kappa shape index (κ1) is 11.1. The third kappa shape index (κ3) is 3.79. The van der Waals surface area contributed by atoms with E-state index in [9.17, 15) is 0 Å². The van der Waals surface area contributed by atoms with Crippen LogP contribution in [0, 0.1) is 6.92 Å². The molecule has 2 nitrogen and oxygen atoms in total. The molecule has 1 unspecified atom stereocenters. The molecule has 0 bridgehead atoms. The standard InChI is InChI=1S/C12H19NO/c1-3-11(13)7-8-14-12-6-4-5-10(2)9-12/h4-6,9,11H,3,7-8,13H2,1-2H3. The summed E-state index contributed by atoms with van der Waals surface area (Å²) in [5.41, 5.74) is 7.01. The molecule has 0 spiro atoms. The first-order valence-electron chi connectivity index (χ1n) is 5.17. The molecule has 0 aliphatic heterocycles. The number of aryl methyl sites for hydroxylation is 1. The molecule has 78 valence electrons. The third-order valence-electron chi connectivity index (χ3n) is 2.27. The first-order chi connectivity index (χ1) is 6.72. The topological polar surface area (TPSA) is 35.2 Å². The first-order valence-corrected chi connectivity index (χ1v) is 5.17. The van der Waals surface area contributed by atoms with Crippen LogP contribution in [0.5, 0.6) is 5.75 Å². The van der Waals surface area contributed by atoms with Crippen LogP contribution in [-0.4, -0.2) is 12.6 Å². The Morgan fingerprint density at radius 3 is 2.86 bits per heavy atom. The van der Waals surface area contributed by atoms with Gasteiger partial charge in [-0.05, 0) is 37.5 Å². The van der Waals surface area contributed by atoms with Crippen molar-refractivity contribution in [3.05, 3.63) is 29.8 Å². The molecular weight excluding hydrogens is 174 g/mol. The van der Waals surface area contributed by atoms with Gasteiger partial charge in [0, 0.05) is 6.04 Å². The van der Waals surface area contributed by atoms with E-state index < -0.39 is 0 Å². The van der Waals surface area contributed by atoms with Crippen molar-refractivity contribution in [2.75, 3.05) is 6.61 Å². The number of ether oxygens (including phenoxy) is 1. The van der Waals surface area contributed by atoms with Crippen LogP contribution in [0.4, 0.5) is 0 Å². The molecule has 2 N–H and O–H groups in total. The molecule has 1 rings (SSSR count). The van der Waals surface area contributed by atoms with Gasteiger partial charge in [0.25, 0.3) is 0 Å². The van der Waals surface area contributed by atoms with Gasteiger partial charge in [-0.25, -0.2) is 0 Å². The van der Waals surface area contributed by atoms with Crippen molar-refractivity contribution in [2.24, 2.45) is 5.73 Å². The van der Waals surface area contributed by atoms with Crippen LogP contribution < -0.4 is 10.5 Å². The normalized spacial score (nSPS) is 12.5. The Balaban J connectivity index is 2.31. The summed E-state index contributed by atoms with van der Waals surface area (Å²) >= 11 is 0. The van der Waals surface area contributed by atoms with E-state index in [0.717, 1.165) is 18.6 Å². The molecule has 0 aromatic heterocycles. The predicted molar refractivity (Wildman–Crippen MR) is 59.6 cm³/mol. The zero-order chi connectivity index (χ0) is 10.4. The summed E-state index contributed by atoms with van der Waals surface area (Å²) in [6, 6.07) is 8.34. The van der Waals surface area contributed by atoms with Crippen molar-refractivity contribution in [3.8, 4) is 5.75 Å². The maximum absolute atomic E-state index is 5.79. The largest absolute Gasteiger partial charge is 0.494 e. The smallest absolute Gasteiger partial charge is 0.119 e. The average Bonchev–Trinajstić information content (AvgIpc) is 2.17. The summed E-state index contributed by atoms with van der Waals surface area (Å²) in [4.78, 5) is 0. The second-order valence-electron chi connectivity index (χ2n) is 3.62. The minimum absolute atomic E-state index is 0.264. The molecule has 2 heteroatoms. The Morgan fingerprint density at radius 1 is 1.43 bits per heavy atom. The molecule has 0 fully saturated rings. The van der Waals surface area contributed by atoms with Gasteiger partial charge in [0.05, 0.1) is 6.61 Å². The predicted octanol–water partition coefficient (Wildman–Crippen LogP) is 2.50. The monoisotopic (exact) mass is 193 g/mol. The fraction of sp³-hybridized carbons (Fsp3) is 0.500. The van der Waals surface area contributed by atoms with Gasteiger partial charge >= 0.3 is 0 Å². The quantitative estimate of drug-likeness (QED) is 0.779. The maximum Gasteiger partial charge on any atom is 0.119 e. The van der Waals surface area contributed by atoms with Crippen LogP contribution in [0.15, 0.2) is 24.3 Å². The lowest BCUT2D eigenvalue weighted by molar-refractivity contribution is 0.296. The summed E-state index contributed by atoms with van der Waals surface area (Å²) in [7, 11) is 0. The Morgan fingerprint density at radius 2 is 2.21 bits per heavy atom. The Kier molecular flexibility index (Phi) is 4.47. The fourth-order valence-electron chi connectivity index (χ4n) is 1.24. The van der Waals surface area contributed by atoms with Crippen molar-refractivity contribution < 1.29 is 4.74 Å². The molecule has 0 saturated heterocycles. The zero-order valence-corrected chi connectivity index (χ0v) is 8.99. The van der Waals surface area contributed by atoms with E-state index in [4.69, 9.17) is 10.5 Å². The van der Waals surface area contributed by atoms with Crippen LogP contribution in [0.1, 0.15) is 25.3 Å². The molecule has 0 radical (unpaired) electrons. The summed E-state index contributed by atoms with van der Waals surface area (Å²) in [5, 5.41) is 0. The fourth-order valence-corrected chi connectivity index (χ4v) is 1.24. The van der Waals surface area contributed by atoms with Gasteiger partial charge in [-0.15, -0.1) is 0 Å². The average molecular weight is 193 g/mol. The number of benzene rings is 1. The van der Waals surface area contributed by atoms with E-state index in [1.54, 1.807) is 0 Å². The number of hydrogen-bond acceptors (Lipinski definition) is 2. The molecule has 0 aliphatic rings. The molecule has 1 atom stereocenters. The van der Waals surface area contributed by atoms with Crippen LogP contribution in [0.2, 0.25) is 0 Å². The zero-order valence-electron chi connectivity index (χ0n) is 8.99. The molecule has 0 saturated carbocycles. The van der Waals surface area contributed by atoms with Gasteiger partial charge in [0.15, 0.2) is 0 Å². The van der Waals surface area contributed by atoms with Gasteiger partial charge < -0.3 is 10.5 Å². The number of hydrogen-bond donors (Lipinski definition) is 1. The lowest BCUT2D eigenvalue weighted by atomic mass is 10.2. The van der Waals surface area contributed by atoms with Crippen molar-refractivity contribution in [2.45, 2.75) is 32.7 Å². The molecule has 14 heavy (non-hydrogen) atoms. The van der Waals surface area contributed by atoms with Gasteiger partial charge in [-0.2, -0.15) is 0 Å². The number of rotatable bonds is 5. The second kappa shape index (κ2) is 5.66. The van der Waals surface area contributed by atoms with E-state index in [2.05, 4.69) is 19.9 Å². The Hall–Kier alpha value is -1.02. The Labute approximate surface area is 86.1 Å². The van der Waals surface area contributed by atoms with Crippen LogP contribution >= 0.6 is 0 Å². The molecular formula is C12H19NO. The van der Waals surface area contributed by atoms with Gasteiger partial charge in [0.2, 0.25) is 0 Å². The Bertz CT molecular complexity index is 273. The minimum atomic E-state index is 0.264. The third-order valence-corrected chi connectivity index (χ3v) is 2.27. The van der Waals surface area contributed by atoms with Crippen LogP contribution in [0.3, 0.4) is 0 Å². The van der Waals surface area contributed by atoms with Gasteiger partial charge in [-0.1, -0.05) is 19.1 Å². The van der Waals surface area contributed by atoms with Crippen molar-refractivity contribution in [1.29, 1.82) is 0 Å². The highest BCUT2D eigenvalue weighted by Gasteiger charge is 1.99. The van der Waals surface area contributed by atoms with E-state index in [-0.39, 0.29) is 6.04 Å². The SMILES string of the molecule is CCC(N)CCOc1cccc(C)c1. The highest BCUT2D eigenvalue weighted by Crippen LogP contribution is 2.12. The van der Waals surface area contributed by atoms with E-state index in [1.165, 1.54) is 5.56 Å².